The highest BCUT2D eigenvalue weighted by Gasteiger charge is 2.63. The topological polar surface area (TPSA) is 66.9 Å². The Labute approximate surface area is 88.4 Å². The molecule has 0 aromatic heterocycles. The van der Waals surface area contributed by atoms with E-state index in [0.29, 0.717) is 0 Å². The summed E-state index contributed by atoms with van der Waals surface area (Å²) in [4.78, 5) is 0.0833. The molecular formula is C10H12O4S. The standard InChI is InChI=1S/C10H12O4S/c1-7-3-5-9(6-4-7)15(12,13)10(11)8(2)14-10/h3-6,8,11H,1-2H3. The van der Waals surface area contributed by atoms with Crippen LogP contribution in [0, 0.1) is 6.92 Å². The number of hydrogen-bond acceptors (Lipinski definition) is 4. The Hall–Kier alpha value is -0.910. The second-order valence-electron chi connectivity index (χ2n) is 3.71. The number of ether oxygens (including phenoxy) is 1. The van der Waals surface area contributed by atoms with Crippen LogP contribution in [0.1, 0.15) is 12.5 Å². The summed E-state index contributed by atoms with van der Waals surface area (Å²) < 4.78 is 28.4. The first kappa shape index (κ1) is 10.6. The molecule has 4 nitrogen and oxygen atoms in total. The first-order valence-corrected chi connectivity index (χ1v) is 6.08. The first-order chi connectivity index (χ1) is 6.88. The molecule has 1 aliphatic heterocycles. The zero-order valence-electron chi connectivity index (χ0n) is 8.47. The third kappa shape index (κ3) is 1.47. The quantitative estimate of drug-likeness (QED) is 0.761. The molecule has 0 bridgehead atoms. The molecule has 0 spiro atoms. The van der Waals surface area contributed by atoms with Gasteiger partial charge in [-0.25, -0.2) is 8.42 Å². The van der Waals surface area contributed by atoms with Crippen LogP contribution in [0.3, 0.4) is 0 Å². The van der Waals surface area contributed by atoms with Crippen molar-refractivity contribution in [3.63, 3.8) is 0 Å². The van der Waals surface area contributed by atoms with E-state index in [-0.39, 0.29) is 4.90 Å². The third-order valence-corrected chi connectivity index (χ3v) is 4.61. The summed E-state index contributed by atoms with van der Waals surface area (Å²) in [7, 11) is -3.80. The Morgan fingerprint density at radius 2 is 1.80 bits per heavy atom. The van der Waals surface area contributed by atoms with Gasteiger partial charge in [0.2, 0.25) is 9.84 Å². The van der Waals surface area contributed by atoms with Crippen LogP contribution in [-0.4, -0.2) is 24.7 Å². The van der Waals surface area contributed by atoms with Crippen LogP contribution in [0.25, 0.3) is 0 Å². The number of hydrogen-bond donors (Lipinski definition) is 1. The largest absolute Gasteiger partial charge is 0.351 e. The highest BCUT2D eigenvalue weighted by atomic mass is 32.2. The van der Waals surface area contributed by atoms with Gasteiger partial charge >= 0.3 is 5.12 Å². The van der Waals surface area contributed by atoms with Gasteiger partial charge < -0.3 is 9.84 Å². The maximum atomic E-state index is 11.9. The summed E-state index contributed by atoms with van der Waals surface area (Å²) in [6, 6.07) is 6.31. The van der Waals surface area contributed by atoms with Crippen molar-refractivity contribution in [3.8, 4) is 0 Å². The molecule has 1 aromatic rings. The van der Waals surface area contributed by atoms with Crippen LogP contribution >= 0.6 is 0 Å². The van der Waals surface area contributed by atoms with Crippen molar-refractivity contribution in [3.05, 3.63) is 29.8 Å². The van der Waals surface area contributed by atoms with Crippen LogP contribution in [0.5, 0.6) is 0 Å². The van der Waals surface area contributed by atoms with E-state index in [1.54, 1.807) is 12.1 Å². The van der Waals surface area contributed by atoms with Crippen LogP contribution in [0.15, 0.2) is 29.2 Å². The Morgan fingerprint density at radius 3 is 2.20 bits per heavy atom. The summed E-state index contributed by atoms with van der Waals surface area (Å²) in [5.74, 6) is 0. The molecule has 1 fully saturated rings. The van der Waals surface area contributed by atoms with Gasteiger partial charge in [0.15, 0.2) is 0 Å². The lowest BCUT2D eigenvalue weighted by atomic mass is 10.2. The normalized spacial score (nSPS) is 30.2. The number of rotatable bonds is 2. The van der Waals surface area contributed by atoms with E-state index in [9.17, 15) is 13.5 Å². The molecule has 1 heterocycles. The zero-order chi connectivity index (χ0) is 11.3. The Kier molecular flexibility index (Phi) is 2.15. The van der Waals surface area contributed by atoms with Crippen LogP contribution in [0.4, 0.5) is 0 Å². The molecule has 82 valence electrons. The Bertz CT molecular complexity index is 477. The van der Waals surface area contributed by atoms with Crippen LogP contribution in [0.2, 0.25) is 0 Å². The fourth-order valence-corrected chi connectivity index (χ4v) is 2.93. The summed E-state index contributed by atoms with van der Waals surface area (Å²) in [5.41, 5.74) is 0.964. The van der Waals surface area contributed by atoms with Gasteiger partial charge in [-0.3, -0.25) is 0 Å². The molecule has 5 heteroatoms. The lowest BCUT2D eigenvalue weighted by Crippen LogP contribution is -2.26. The maximum Gasteiger partial charge on any atom is 0.303 e. The molecule has 1 aliphatic rings. The Morgan fingerprint density at radius 1 is 1.33 bits per heavy atom. The predicted molar refractivity (Wildman–Crippen MR) is 53.9 cm³/mol. The molecule has 2 atom stereocenters. The van der Waals surface area contributed by atoms with Gasteiger partial charge in [0.05, 0.1) is 4.90 Å². The number of epoxide rings is 1. The maximum absolute atomic E-state index is 11.9. The molecule has 1 saturated heterocycles. The van der Waals surface area contributed by atoms with Gasteiger partial charge in [-0.1, -0.05) is 17.7 Å². The van der Waals surface area contributed by atoms with Crippen molar-refractivity contribution >= 4 is 9.84 Å². The minimum atomic E-state index is -3.80. The van der Waals surface area contributed by atoms with Crippen molar-refractivity contribution in [1.82, 2.24) is 0 Å². The smallest absolute Gasteiger partial charge is 0.303 e. The van der Waals surface area contributed by atoms with E-state index in [2.05, 4.69) is 0 Å². The first-order valence-electron chi connectivity index (χ1n) is 4.59. The molecule has 0 radical (unpaired) electrons. The molecule has 2 unspecified atom stereocenters. The monoisotopic (exact) mass is 228 g/mol. The highest BCUT2D eigenvalue weighted by molar-refractivity contribution is 7.92. The van der Waals surface area contributed by atoms with E-state index in [0.717, 1.165) is 5.56 Å². The van der Waals surface area contributed by atoms with E-state index >= 15 is 0 Å². The van der Waals surface area contributed by atoms with Gasteiger partial charge in [0.1, 0.15) is 6.10 Å². The predicted octanol–water partition coefficient (Wildman–Crippen LogP) is 0.834. The second kappa shape index (κ2) is 3.04. The number of benzene rings is 1. The molecule has 0 saturated carbocycles. The van der Waals surface area contributed by atoms with Crippen LogP contribution in [-0.2, 0) is 14.6 Å². The van der Waals surface area contributed by atoms with Crippen molar-refractivity contribution in [2.45, 2.75) is 30.0 Å². The van der Waals surface area contributed by atoms with E-state index in [1.807, 2.05) is 6.92 Å². The van der Waals surface area contributed by atoms with E-state index in [4.69, 9.17) is 4.74 Å². The Balaban J connectivity index is 2.43. The summed E-state index contributed by atoms with van der Waals surface area (Å²) in [6.07, 6.45) is -0.663. The zero-order valence-corrected chi connectivity index (χ0v) is 9.28. The van der Waals surface area contributed by atoms with Crippen molar-refractivity contribution < 1.29 is 18.3 Å². The van der Waals surface area contributed by atoms with Gasteiger partial charge in [0, 0.05) is 0 Å². The SMILES string of the molecule is Cc1ccc(S(=O)(=O)C2(O)OC2C)cc1. The van der Waals surface area contributed by atoms with Gasteiger partial charge in [-0.05, 0) is 26.0 Å². The minimum Gasteiger partial charge on any atom is -0.351 e. The van der Waals surface area contributed by atoms with Gasteiger partial charge in [-0.2, -0.15) is 0 Å². The molecule has 0 amide bonds. The summed E-state index contributed by atoms with van der Waals surface area (Å²) in [5, 5.41) is 7.61. The van der Waals surface area contributed by atoms with Crippen molar-refractivity contribution in [2.24, 2.45) is 0 Å². The fraction of sp³-hybridized carbons (Fsp3) is 0.400. The number of sulfone groups is 1. The molecule has 1 aromatic carbocycles. The minimum absolute atomic E-state index is 0.0833. The fourth-order valence-electron chi connectivity index (χ4n) is 1.39. The van der Waals surface area contributed by atoms with E-state index in [1.165, 1.54) is 19.1 Å². The molecule has 0 aliphatic carbocycles. The third-order valence-electron chi connectivity index (χ3n) is 2.52. The average molecular weight is 228 g/mol. The highest BCUT2D eigenvalue weighted by Crippen LogP contribution is 2.42. The summed E-state index contributed by atoms with van der Waals surface area (Å²) >= 11 is 0. The van der Waals surface area contributed by atoms with Crippen molar-refractivity contribution in [1.29, 1.82) is 0 Å². The van der Waals surface area contributed by atoms with Crippen molar-refractivity contribution in [2.75, 3.05) is 0 Å². The molecule has 2 rings (SSSR count). The van der Waals surface area contributed by atoms with Gasteiger partial charge in [0.25, 0.3) is 0 Å². The summed E-state index contributed by atoms with van der Waals surface area (Å²) in [6.45, 7) is 3.38. The number of aliphatic hydroxyl groups is 1. The van der Waals surface area contributed by atoms with Gasteiger partial charge in [-0.15, -0.1) is 0 Å². The van der Waals surface area contributed by atoms with Crippen LogP contribution < -0.4 is 0 Å². The number of aryl methyl sites for hydroxylation is 1. The molecule has 15 heavy (non-hydrogen) atoms. The second-order valence-corrected chi connectivity index (χ2v) is 5.77. The molecular weight excluding hydrogens is 216 g/mol. The lowest BCUT2D eigenvalue weighted by Gasteiger charge is -2.07. The van der Waals surface area contributed by atoms with E-state index < -0.39 is 21.1 Å². The average Bonchev–Trinajstić information content (AvgIpc) is 2.77. The lowest BCUT2D eigenvalue weighted by molar-refractivity contribution is 0.112. The molecule has 1 N–H and O–H groups in total.